The molecule has 8 heteroatoms. The lowest BCUT2D eigenvalue weighted by Crippen LogP contribution is -2.25. The number of rotatable bonds is 3. The number of aliphatic carboxylic acids is 1. The van der Waals surface area contributed by atoms with E-state index in [4.69, 9.17) is 5.11 Å². The molecule has 0 bridgehead atoms. The molecule has 0 saturated carbocycles. The van der Waals surface area contributed by atoms with Crippen molar-refractivity contribution in [3.05, 3.63) is 34.8 Å². The molecular formula is C12H8F4N2O2. The maximum Gasteiger partial charge on any atom is 0.325 e. The lowest BCUT2D eigenvalue weighted by molar-refractivity contribution is -0.138. The third kappa shape index (κ3) is 1.54. The molecule has 0 fully saturated rings. The zero-order valence-electron chi connectivity index (χ0n) is 9.86. The standard InChI is InChI=1S/C12H8F4N2O2/c13-11(14)9-8-5-2-1-3-6(5)12(15,16)10(8)18(17-9)4-7(19)20/h2-3,5-6,11H,4H2,(H,19,20)/t5-,6+/m0/s1. The number of carboxylic acids is 1. The Morgan fingerprint density at radius 1 is 1.50 bits per heavy atom. The van der Waals surface area contributed by atoms with Crippen molar-refractivity contribution in [1.82, 2.24) is 9.78 Å². The van der Waals surface area contributed by atoms with E-state index in [1.807, 2.05) is 0 Å². The van der Waals surface area contributed by atoms with Crippen molar-refractivity contribution < 1.29 is 27.5 Å². The predicted molar refractivity (Wildman–Crippen MR) is 57.6 cm³/mol. The van der Waals surface area contributed by atoms with E-state index in [0.29, 0.717) is 4.68 Å². The van der Waals surface area contributed by atoms with Gasteiger partial charge in [-0.1, -0.05) is 0 Å². The van der Waals surface area contributed by atoms with Crippen molar-refractivity contribution in [3.8, 4) is 0 Å². The van der Waals surface area contributed by atoms with Gasteiger partial charge in [-0.25, -0.2) is 8.78 Å². The number of hydrogen-bond acceptors (Lipinski definition) is 2. The van der Waals surface area contributed by atoms with Crippen LogP contribution in [-0.4, -0.2) is 20.9 Å². The third-order valence-corrected chi connectivity index (χ3v) is 3.52. The van der Waals surface area contributed by atoms with Crippen molar-refractivity contribution in [2.75, 3.05) is 0 Å². The molecule has 2 aliphatic carbocycles. The van der Waals surface area contributed by atoms with Crippen LogP contribution in [0.15, 0.2) is 17.9 Å². The average molecular weight is 288 g/mol. The number of aromatic nitrogens is 2. The van der Waals surface area contributed by atoms with Gasteiger partial charge in [-0.15, -0.1) is 5.73 Å². The summed E-state index contributed by atoms with van der Waals surface area (Å²) in [6, 6.07) is 0. The zero-order chi connectivity index (χ0) is 14.7. The highest BCUT2D eigenvalue weighted by Gasteiger charge is 2.58. The molecule has 20 heavy (non-hydrogen) atoms. The minimum Gasteiger partial charge on any atom is -0.480 e. The number of nitrogens with zero attached hydrogens (tertiary/aromatic N) is 2. The Morgan fingerprint density at radius 2 is 2.20 bits per heavy atom. The van der Waals surface area contributed by atoms with Gasteiger partial charge in [-0.2, -0.15) is 13.9 Å². The second-order valence-electron chi connectivity index (χ2n) is 4.67. The smallest absolute Gasteiger partial charge is 0.325 e. The summed E-state index contributed by atoms with van der Waals surface area (Å²) in [5.74, 6) is -7.08. The number of fused-ring (bicyclic) bond motifs is 3. The molecule has 0 spiro atoms. The fourth-order valence-electron chi connectivity index (χ4n) is 2.80. The van der Waals surface area contributed by atoms with Crippen molar-refractivity contribution in [1.29, 1.82) is 0 Å². The van der Waals surface area contributed by atoms with Crippen molar-refractivity contribution in [2.24, 2.45) is 5.92 Å². The first kappa shape index (κ1) is 12.9. The highest BCUT2D eigenvalue weighted by Crippen LogP contribution is 2.57. The fraction of sp³-hybridized carbons (Fsp3) is 0.417. The Kier molecular flexibility index (Phi) is 2.56. The minimum absolute atomic E-state index is 0.266. The molecule has 106 valence electrons. The molecule has 0 saturated heterocycles. The van der Waals surface area contributed by atoms with Crippen LogP contribution in [-0.2, 0) is 17.3 Å². The summed E-state index contributed by atoms with van der Waals surface area (Å²) in [6.45, 7) is -0.877. The highest BCUT2D eigenvalue weighted by atomic mass is 19.3. The van der Waals surface area contributed by atoms with Gasteiger partial charge in [-0.05, 0) is 12.2 Å². The van der Waals surface area contributed by atoms with Gasteiger partial charge >= 0.3 is 5.97 Å². The number of halogens is 4. The van der Waals surface area contributed by atoms with Crippen LogP contribution in [0.4, 0.5) is 17.6 Å². The van der Waals surface area contributed by atoms with E-state index in [0.717, 1.165) is 6.08 Å². The zero-order valence-corrected chi connectivity index (χ0v) is 9.86. The summed E-state index contributed by atoms with van der Waals surface area (Å²) in [5.41, 5.74) is 0.743. The SMILES string of the molecule is O=C(O)Cn1nc(C(F)F)c2c1C(F)(F)[C@@H]1C=C=C[C@H]21. The summed E-state index contributed by atoms with van der Waals surface area (Å²) < 4.78 is 55.0. The Morgan fingerprint density at radius 3 is 2.80 bits per heavy atom. The van der Waals surface area contributed by atoms with Crippen LogP contribution in [0.3, 0.4) is 0 Å². The molecule has 4 nitrogen and oxygen atoms in total. The van der Waals surface area contributed by atoms with E-state index in [-0.39, 0.29) is 5.56 Å². The normalized spacial score (nSPS) is 25.2. The van der Waals surface area contributed by atoms with Crippen LogP contribution in [0, 0.1) is 5.92 Å². The Bertz CT molecular complexity index is 659. The largest absolute Gasteiger partial charge is 0.480 e. The molecule has 0 amide bonds. The van der Waals surface area contributed by atoms with Gasteiger partial charge in [0.1, 0.15) is 17.9 Å². The lowest BCUT2D eigenvalue weighted by atomic mass is 9.94. The molecule has 2 aliphatic rings. The Balaban J connectivity index is 2.22. The van der Waals surface area contributed by atoms with Crippen LogP contribution in [0.2, 0.25) is 0 Å². The molecule has 1 heterocycles. The van der Waals surface area contributed by atoms with Crippen molar-refractivity contribution >= 4 is 5.97 Å². The lowest BCUT2D eigenvalue weighted by Gasteiger charge is -2.18. The number of carboxylic acid groups (broad SMARTS) is 1. The molecule has 1 N–H and O–H groups in total. The first-order valence-electron chi connectivity index (χ1n) is 5.75. The molecule has 0 radical (unpaired) electrons. The summed E-state index contributed by atoms with van der Waals surface area (Å²) in [7, 11) is 0. The second kappa shape index (κ2) is 3.96. The van der Waals surface area contributed by atoms with Crippen LogP contribution < -0.4 is 0 Å². The summed E-state index contributed by atoms with van der Waals surface area (Å²) in [4.78, 5) is 10.7. The number of carbonyl (C=O) groups is 1. The van der Waals surface area contributed by atoms with Crippen LogP contribution in [0.5, 0.6) is 0 Å². The average Bonchev–Trinajstić information content (AvgIpc) is 2.94. The van der Waals surface area contributed by atoms with Gasteiger partial charge in [0.25, 0.3) is 12.3 Å². The highest BCUT2D eigenvalue weighted by molar-refractivity contribution is 5.67. The molecule has 2 atom stereocenters. The number of hydrogen-bond donors (Lipinski definition) is 1. The van der Waals surface area contributed by atoms with Gasteiger partial charge in [0, 0.05) is 11.5 Å². The minimum atomic E-state index is -3.43. The quantitative estimate of drug-likeness (QED) is 0.686. The van der Waals surface area contributed by atoms with E-state index >= 15 is 0 Å². The monoisotopic (exact) mass is 288 g/mol. The maximum atomic E-state index is 14.3. The molecule has 3 rings (SSSR count). The van der Waals surface area contributed by atoms with Crippen molar-refractivity contribution in [2.45, 2.75) is 24.8 Å². The second-order valence-corrected chi connectivity index (χ2v) is 4.67. The summed E-state index contributed by atoms with van der Waals surface area (Å²) in [6.07, 6.45) is -0.615. The van der Waals surface area contributed by atoms with Crippen LogP contribution in [0.25, 0.3) is 0 Å². The van der Waals surface area contributed by atoms with Gasteiger partial charge in [0.15, 0.2) is 0 Å². The Hall–Kier alpha value is -2.08. The van der Waals surface area contributed by atoms with Crippen LogP contribution in [0.1, 0.15) is 29.3 Å². The molecule has 0 unspecified atom stereocenters. The van der Waals surface area contributed by atoms with Crippen LogP contribution >= 0.6 is 0 Å². The summed E-state index contributed by atoms with van der Waals surface area (Å²) >= 11 is 0. The molecule has 0 aromatic carbocycles. The van der Waals surface area contributed by atoms with Gasteiger partial charge in [-0.3, -0.25) is 9.48 Å². The fourth-order valence-corrected chi connectivity index (χ4v) is 2.80. The van der Waals surface area contributed by atoms with Crippen molar-refractivity contribution in [3.63, 3.8) is 0 Å². The number of alkyl halides is 4. The molecule has 1 aromatic heterocycles. The molecular weight excluding hydrogens is 280 g/mol. The van der Waals surface area contributed by atoms with Gasteiger partial charge in [0.05, 0.1) is 5.92 Å². The summed E-state index contributed by atoms with van der Waals surface area (Å²) in [5, 5.41) is 12.1. The van der Waals surface area contributed by atoms with E-state index in [9.17, 15) is 22.4 Å². The Labute approximate surface area is 110 Å². The van der Waals surface area contributed by atoms with E-state index < -0.39 is 48.1 Å². The first-order chi connectivity index (χ1) is 9.34. The topological polar surface area (TPSA) is 55.1 Å². The predicted octanol–water partition coefficient (Wildman–Crippen LogP) is 2.44. The first-order valence-corrected chi connectivity index (χ1v) is 5.75. The number of allylic oxidation sites excluding steroid dienone is 1. The van der Waals surface area contributed by atoms with Gasteiger partial charge < -0.3 is 5.11 Å². The molecule has 0 aliphatic heterocycles. The molecule has 1 aromatic rings. The van der Waals surface area contributed by atoms with E-state index in [1.54, 1.807) is 0 Å². The maximum absolute atomic E-state index is 14.3. The third-order valence-electron chi connectivity index (χ3n) is 3.52. The van der Waals surface area contributed by atoms with E-state index in [1.165, 1.54) is 6.08 Å². The van der Waals surface area contributed by atoms with Gasteiger partial charge in [0.2, 0.25) is 0 Å². The van der Waals surface area contributed by atoms with E-state index in [2.05, 4.69) is 10.8 Å².